The average molecular weight is 188 g/mol. The fourth-order valence-electron chi connectivity index (χ4n) is 1.22. The first-order chi connectivity index (χ1) is 6.05. The van der Waals surface area contributed by atoms with E-state index in [1.54, 1.807) is 6.92 Å². The molecule has 0 fully saturated rings. The van der Waals surface area contributed by atoms with Gasteiger partial charge in [-0.3, -0.25) is 0 Å². The summed E-state index contributed by atoms with van der Waals surface area (Å²) in [6.45, 7) is 7.18. The molecule has 2 atom stereocenters. The predicted octanol–water partition coefficient (Wildman–Crippen LogP) is 0.758. The van der Waals surface area contributed by atoms with Gasteiger partial charge in [0.25, 0.3) is 0 Å². The first-order valence-corrected chi connectivity index (χ1v) is 4.53. The van der Waals surface area contributed by atoms with Gasteiger partial charge in [-0.1, -0.05) is 6.92 Å². The van der Waals surface area contributed by atoms with Crippen LogP contribution in [-0.2, 0) is 4.84 Å². The van der Waals surface area contributed by atoms with Gasteiger partial charge in [0.2, 0.25) is 0 Å². The maximum atomic E-state index is 9.83. The van der Waals surface area contributed by atoms with Crippen molar-refractivity contribution in [3.63, 3.8) is 0 Å². The highest BCUT2D eigenvalue weighted by Gasteiger charge is 2.24. The lowest BCUT2D eigenvalue weighted by Gasteiger charge is -2.26. The Morgan fingerprint density at radius 3 is 2.69 bits per heavy atom. The minimum absolute atomic E-state index is 0.189. The second-order valence-electron chi connectivity index (χ2n) is 3.50. The molecule has 1 unspecified atom stereocenters. The molecule has 0 saturated carbocycles. The third kappa shape index (κ3) is 5.60. The van der Waals surface area contributed by atoms with E-state index in [1.807, 2.05) is 7.05 Å². The molecule has 0 heterocycles. The summed E-state index contributed by atoms with van der Waals surface area (Å²) in [5.74, 6) is 0. The molecule has 0 saturated heterocycles. The van der Waals surface area contributed by atoms with Crippen LogP contribution in [0.25, 0.3) is 0 Å². The molecule has 4 heteroatoms. The summed E-state index contributed by atoms with van der Waals surface area (Å²) in [5, 5.41) is 16.2. The van der Waals surface area contributed by atoms with Gasteiger partial charge in [-0.25, -0.2) is 0 Å². The van der Waals surface area contributed by atoms with Gasteiger partial charge < -0.3 is 15.3 Å². The van der Waals surface area contributed by atoms with Crippen molar-refractivity contribution in [2.75, 3.05) is 13.7 Å². The number of rotatable bonds is 7. The largest absolute Gasteiger partial charge is 0.393 e. The SMILES string of the molecule is C=NOC[C@@](C)(O)CC(CC)NC. The summed E-state index contributed by atoms with van der Waals surface area (Å²) < 4.78 is 0. The third-order valence-corrected chi connectivity index (χ3v) is 2.05. The Bertz CT molecular complexity index is 145. The number of oxime groups is 1. The van der Waals surface area contributed by atoms with Gasteiger partial charge in [-0.15, -0.1) is 5.16 Å². The first kappa shape index (κ1) is 12.4. The predicted molar refractivity (Wildman–Crippen MR) is 53.9 cm³/mol. The van der Waals surface area contributed by atoms with E-state index >= 15 is 0 Å². The molecule has 0 spiro atoms. The van der Waals surface area contributed by atoms with E-state index in [9.17, 15) is 5.11 Å². The topological polar surface area (TPSA) is 53.9 Å². The van der Waals surface area contributed by atoms with E-state index in [1.165, 1.54) is 0 Å². The van der Waals surface area contributed by atoms with Crippen molar-refractivity contribution >= 4 is 6.72 Å². The molecule has 0 aliphatic carbocycles. The molecule has 0 aliphatic heterocycles. The average Bonchev–Trinajstić information content (AvgIpc) is 2.11. The minimum Gasteiger partial charge on any atom is -0.393 e. The summed E-state index contributed by atoms with van der Waals surface area (Å²) in [4.78, 5) is 4.72. The van der Waals surface area contributed by atoms with Crippen LogP contribution >= 0.6 is 0 Å². The summed E-state index contributed by atoms with van der Waals surface area (Å²) in [5.41, 5.74) is -0.842. The number of nitrogens with zero attached hydrogens (tertiary/aromatic N) is 1. The van der Waals surface area contributed by atoms with Gasteiger partial charge in [-0.2, -0.15) is 0 Å². The van der Waals surface area contributed by atoms with Gasteiger partial charge in [0.15, 0.2) is 0 Å². The molecule has 0 aliphatic rings. The number of hydrogen-bond acceptors (Lipinski definition) is 4. The van der Waals surface area contributed by atoms with Crippen molar-refractivity contribution in [1.29, 1.82) is 0 Å². The summed E-state index contributed by atoms with van der Waals surface area (Å²) in [7, 11) is 1.89. The Hall–Kier alpha value is -0.610. The van der Waals surface area contributed by atoms with Crippen molar-refractivity contribution in [2.24, 2.45) is 5.16 Å². The molecule has 78 valence electrons. The van der Waals surface area contributed by atoms with Crippen LogP contribution in [0.2, 0.25) is 0 Å². The Morgan fingerprint density at radius 1 is 1.69 bits per heavy atom. The van der Waals surface area contributed by atoms with Crippen molar-refractivity contribution in [2.45, 2.75) is 38.3 Å². The lowest BCUT2D eigenvalue weighted by atomic mass is 9.96. The van der Waals surface area contributed by atoms with Crippen LogP contribution in [0.1, 0.15) is 26.7 Å². The second-order valence-corrected chi connectivity index (χ2v) is 3.50. The standard InChI is InChI=1S/C9H20N2O2/c1-5-8(10-3)6-9(2,12)7-13-11-4/h8,10,12H,4-7H2,1-3H3/t8?,9-/m0/s1. The molecule has 0 aromatic carbocycles. The van der Waals surface area contributed by atoms with Crippen molar-refractivity contribution in [3.8, 4) is 0 Å². The monoisotopic (exact) mass is 188 g/mol. The van der Waals surface area contributed by atoms with Crippen LogP contribution < -0.4 is 5.32 Å². The number of aliphatic hydroxyl groups is 1. The Morgan fingerprint density at radius 2 is 2.31 bits per heavy atom. The van der Waals surface area contributed by atoms with Gasteiger partial charge in [0.1, 0.15) is 6.61 Å². The smallest absolute Gasteiger partial charge is 0.145 e. The Labute approximate surface area is 80.0 Å². The molecule has 0 rings (SSSR count). The van der Waals surface area contributed by atoms with E-state index in [-0.39, 0.29) is 6.61 Å². The van der Waals surface area contributed by atoms with Crippen molar-refractivity contribution in [3.05, 3.63) is 0 Å². The zero-order chi connectivity index (χ0) is 10.3. The first-order valence-electron chi connectivity index (χ1n) is 4.53. The van der Waals surface area contributed by atoms with E-state index in [2.05, 4.69) is 24.1 Å². The minimum atomic E-state index is -0.842. The maximum absolute atomic E-state index is 9.83. The Balaban J connectivity index is 3.90. The molecule has 2 N–H and O–H groups in total. The van der Waals surface area contributed by atoms with Crippen LogP contribution in [0, 0.1) is 0 Å². The number of nitrogens with one attached hydrogen (secondary N) is 1. The highest BCUT2D eigenvalue weighted by Crippen LogP contribution is 2.14. The van der Waals surface area contributed by atoms with Crippen LogP contribution in [0.5, 0.6) is 0 Å². The Kier molecular flexibility index (Phi) is 5.66. The molecule has 0 aromatic heterocycles. The van der Waals surface area contributed by atoms with Crippen LogP contribution in [-0.4, -0.2) is 37.1 Å². The molecule has 0 amide bonds. The quantitative estimate of drug-likeness (QED) is 0.458. The fourth-order valence-corrected chi connectivity index (χ4v) is 1.22. The van der Waals surface area contributed by atoms with Gasteiger partial charge >= 0.3 is 0 Å². The summed E-state index contributed by atoms with van der Waals surface area (Å²) >= 11 is 0. The highest BCUT2D eigenvalue weighted by molar-refractivity contribution is 5.21. The summed E-state index contributed by atoms with van der Waals surface area (Å²) in [6, 6.07) is 0.309. The molecule has 0 radical (unpaired) electrons. The van der Waals surface area contributed by atoms with E-state index in [0.29, 0.717) is 12.5 Å². The van der Waals surface area contributed by atoms with Crippen LogP contribution in [0.4, 0.5) is 0 Å². The number of hydrogen-bond donors (Lipinski definition) is 2. The zero-order valence-corrected chi connectivity index (χ0v) is 8.71. The molecule has 4 nitrogen and oxygen atoms in total. The van der Waals surface area contributed by atoms with Crippen LogP contribution in [0.3, 0.4) is 0 Å². The highest BCUT2D eigenvalue weighted by atomic mass is 16.6. The zero-order valence-electron chi connectivity index (χ0n) is 8.71. The molecule has 0 aromatic rings. The molecular formula is C9H20N2O2. The van der Waals surface area contributed by atoms with Gasteiger partial charge in [0, 0.05) is 12.8 Å². The van der Waals surface area contributed by atoms with Gasteiger partial charge in [-0.05, 0) is 26.8 Å². The fraction of sp³-hybridized carbons (Fsp3) is 0.889. The molecule has 13 heavy (non-hydrogen) atoms. The van der Waals surface area contributed by atoms with Crippen LogP contribution in [0.15, 0.2) is 5.16 Å². The van der Waals surface area contributed by atoms with Crippen molar-refractivity contribution < 1.29 is 9.94 Å². The lowest BCUT2D eigenvalue weighted by molar-refractivity contribution is -0.0423. The van der Waals surface area contributed by atoms with E-state index in [0.717, 1.165) is 6.42 Å². The van der Waals surface area contributed by atoms with E-state index < -0.39 is 5.60 Å². The normalized spacial score (nSPS) is 17.5. The van der Waals surface area contributed by atoms with Crippen molar-refractivity contribution in [1.82, 2.24) is 5.32 Å². The molecule has 0 bridgehead atoms. The second kappa shape index (κ2) is 5.94. The summed E-state index contributed by atoms with van der Waals surface area (Å²) in [6.07, 6.45) is 1.63. The van der Waals surface area contributed by atoms with Gasteiger partial charge in [0.05, 0.1) is 5.60 Å². The maximum Gasteiger partial charge on any atom is 0.145 e. The molecular weight excluding hydrogens is 168 g/mol. The van der Waals surface area contributed by atoms with E-state index in [4.69, 9.17) is 4.84 Å². The lowest BCUT2D eigenvalue weighted by Crippen LogP contribution is -2.39. The third-order valence-electron chi connectivity index (χ3n) is 2.05.